The van der Waals surface area contributed by atoms with Crippen LogP contribution in [-0.4, -0.2) is 27.9 Å². The van der Waals surface area contributed by atoms with Crippen LogP contribution < -0.4 is 5.46 Å². The zero-order valence-corrected chi connectivity index (χ0v) is 19.9. The summed E-state index contributed by atoms with van der Waals surface area (Å²) in [4.78, 5) is 4.63. The number of fused-ring (bicyclic) bond motifs is 3. The maximum Gasteiger partial charge on any atom is 0.494 e. The molecule has 34 heavy (non-hydrogen) atoms. The largest absolute Gasteiger partial charge is 0.494 e. The topological polar surface area (TPSA) is 36.3 Å². The van der Waals surface area contributed by atoms with Crippen molar-refractivity contribution in [3.8, 4) is 16.9 Å². The van der Waals surface area contributed by atoms with E-state index in [1.165, 1.54) is 21.8 Å². The van der Waals surface area contributed by atoms with E-state index in [0.29, 0.717) is 0 Å². The summed E-state index contributed by atoms with van der Waals surface area (Å²) in [6.07, 6.45) is 1.83. The molecule has 3 heterocycles. The van der Waals surface area contributed by atoms with Gasteiger partial charge >= 0.3 is 7.12 Å². The van der Waals surface area contributed by atoms with Crippen molar-refractivity contribution in [2.75, 3.05) is 0 Å². The zero-order chi connectivity index (χ0) is 23.5. The molecule has 6 rings (SSSR count). The van der Waals surface area contributed by atoms with Crippen molar-refractivity contribution in [2.24, 2.45) is 0 Å². The molecule has 0 spiro atoms. The number of rotatable bonds is 3. The molecule has 2 aromatic heterocycles. The lowest BCUT2D eigenvalue weighted by molar-refractivity contribution is 0.00578. The maximum atomic E-state index is 6.44. The molecular weight excluding hydrogens is 419 g/mol. The molecule has 1 saturated heterocycles. The highest BCUT2D eigenvalue weighted by molar-refractivity contribution is 6.62. The van der Waals surface area contributed by atoms with Crippen molar-refractivity contribution in [2.45, 2.75) is 38.9 Å². The minimum absolute atomic E-state index is 0.411. The highest BCUT2D eigenvalue weighted by atomic mass is 16.7. The van der Waals surface area contributed by atoms with Gasteiger partial charge in [-0.15, -0.1) is 0 Å². The molecule has 0 bridgehead atoms. The van der Waals surface area contributed by atoms with Gasteiger partial charge in [0.1, 0.15) is 0 Å². The Hall–Kier alpha value is -3.41. The van der Waals surface area contributed by atoms with Gasteiger partial charge in [-0.05, 0) is 69.6 Å². The third-order valence-corrected chi connectivity index (χ3v) is 7.26. The van der Waals surface area contributed by atoms with Crippen LogP contribution in [0.25, 0.3) is 38.8 Å². The second-order valence-electron chi connectivity index (χ2n) is 9.99. The second kappa shape index (κ2) is 7.56. The Morgan fingerprint density at radius 2 is 1.29 bits per heavy atom. The molecule has 5 heteroatoms. The number of nitrogens with zero attached hydrogens (tertiary/aromatic N) is 2. The maximum absolute atomic E-state index is 6.44. The van der Waals surface area contributed by atoms with Gasteiger partial charge in [0.2, 0.25) is 0 Å². The van der Waals surface area contributed by atoms with Crippen molar-refractivity contribution in [3.63, 3.8) is 0 Å². The van der Waals surface area contributed by atoms with Gasteiger partial charge in [0, 0.05) is 28.2 Å². The predicted octanol–water partition coefficient (Wildman–Crippen LogP) is 6.14. The molecule has 5 aromatic rings. The number of aromatic nitrogens is 2. The number of hydrogen-bond acceptors (Lipinski definition) is 3. The van der Waals surface area contributed by atoms with Crippen LogP contribution in [0, 0.1) is 0 Å². The van der Waals surface area contributed by atoms with Crippen LogP contribution in [0.2, 0.25) is 0 Å². The summed E-state index contributed by atoms with van der Waals surface area (Å²) < 4.78 is 15.2. The summed E-state index contributed by atoms with van der Waals surface area (Å²) in [6.45, 7) is 8.35. The van der Waals surface area contributed by atoms with E-state index in [2.05, 4.69) is 104 Å². The minimum atomic E-state index is -0.458. The van der Waals surface area contributed by atoms with Gasteiger partial charge in [0.15, 0.2) is 0 Å². The summed E-state index contributed by atoms with van der Waals surface area (Å²) in [6, 6.07) is 29.6. The molecule has 0 atom stereocenters. The van der Waals surface area contributed by atoms with Crippen molar-refractivity contribution in [1.29, 1.82) is 0 Å². The van der Waals surface area contributed by atoms with Gasteiger partial charge in [-0.1, -0.05) is 48.5 Å². The Kier molecular flexibility index (Phi) is 4.70. The van der Waals surface area contributed by atoms with Crippen LogP contribution in [0.3, 0.4) is 0 Å². The Labute approximate surface area is 200 Å². The Morgan fingerprint density at radius 3 is 1.88 bits per heavy atom. The van der Waals surface area contributed by atoms with Crippen LogP contribution in [0.15, 0.2) is 91.1 Å². The van der Waals surface area contributed by atoms with Crippen molar-refractivity contribution < 1.29 is 9.31 Å². The van der Waals surface area contributed by atoms with Gasteiger partial charge in [0.25, 0.3) is 0 Å². The molecule has 3 aromatic carbocycles. The first-order valence-corrected chi connectivity index (χ1v) is 11.7. The lowest BCUT2D eigenvalue weighted by atomic mass is 9.77. The molecule has 0 N–H and O–H groups in total. The van der Waals surface area contributed by atoms with Gasteiger partial charge < -0.3 is 13.9 Å². The molecule has 1 aliphatic rings. The SMILES string of the molecule is CC1(C)OB(c2cc(-c3ccccn3)cc(-n3c4ccccc4c4ccccc43)c2)OC1(C)C. The van der Waals surface area contributed by atoms with E-state index in [-0.39, 0.29) is 0 Å². The van der Waals surface area contributed by atoms with E-state index >= 15 is 0 Å². The number of para-hydroxylation sites is 2. The lowest BCUT2D eigenvalue weighted by Crippen LogP contribution is -2.41. The normalized spacial score (nSPS) is 17.0. The first-order chi connectivity index (χ1) is 16.3. The minimum Gasteiger partial charge on any atom is -0.399 e. The van der Waals surface area contributed by atoms with Crippen LogP contribution in [0.5, 0.6) is 0 Å². The molecule has 4 nitrogen and oxygen atoms in total. The summed E-state index contributed by atoms with van der Waals surface area (Å²) in [5.41, 5.74) is 5.51. The van der Waals surface area contributed by atoms with Gasteiger partial charge in [-0.3, -0.25) is 4.98 Å². The van der Waals surface area contributed by atoms with Crippen molar-refractivity contribution >= 4 is 34.4 Å². The fraction of sp³-hybridized carbons (Fsp3) is 0.207. The van der Waals surface area contributed by atoms with E-state index in [4.69, 9.17) is 9.31 Å². The zero-order valence-electron chi connectivity index (χ0n) is 19.9. The fourth-order valence-corrected chi connectivity index (χ4v) is 4.76. The van der Waals surface area contributed by atoms with Gasteiger partial charge in [-0.25, -0.2) is 0 Å². The smallest absolute Gasteiger partial charge is 0.399 e. The summed E-state index contributed by atoms with van der Waals surface area (Å²) in [5.74, 6) is 0. The van der Waals surface area contributed by atoms with Crippen molar-refractivity contribution in [3.05, 3.63) is 91.1 Å². The molecule has 0 amide bonds. The fourth-order valence-electron chi connectivity index (χ4n) is 4.76. The molecule has 1 aliphatic heterocycles. The molecule has 0 radical (unpaired) electrons. The number of pyridine rings is 1. The Bertz CT molecular complexity index is 1450. The molecular formula is C29H27BN2O2. The third-order valence-electron chi connectivity index (χ3n) is 7.26. The van der Waals surface area contributed by atoms with E-state index in [9.17, 15) is 0 Å². The molecule has 0 saturated carbocycles. The third kappa shape index (κ3) is 3.27. The van der Waals surface area contributed by atoms with Crippen LogP contribution in [0.1, 0.15) is 27.7 Å². The predicted molar refractivity (Wildman–Crippen MR) is 140 cm³/mol. The highest BCUT2D eigenvalue weighted by Gasteiger charge is 2.51. The summed E-state index contributed by atoms with van der Waals surface area (Å²) >= 11 is 0. The summed E-state index contributed by atoms with van der Waals surface area (Å²) in [7, 11) is -0.458. The second-order valence-corrected chi connectivity index (χ2v) is 9.99. The first kappa shape index (κ1) is 21.1. The average molecular weight is 446 g/mol. The quantitative estimate of drug-likeness (QED) is 0.312. The molecule has 1 fully saturated rings. The van der Waals surface area contributed by atoms with Crippen LogP contribution in [-0.2, 0) is 9.31 Å². The number of hydrogen-bond donors (Lipinski definition) is 0. The van der Waals surface area contributed by atoms with Crippen LogP contribution >= 0.6 is 0 Å². The molecule has 168 valence electrons. The van der Waals surface area contributed by atoms with E-state index in [1.807, 2.05) is 24.4 Å². The molecule has 0 unspecified atom stereocenters. The van der Waals surface area contributed by atoms with E-state index < -0.39 is 18.3 Å². The highest BCUT2D eigenvalue weighted by Crippen LogP contribution is 2.37. The summed E-state index contributed by atoms with van der Waals surface area (Å²) in [5, 5.41) is 2.47. The monoisotopic (exact) mass is 446 g/mol. The first-order valence-electron chi connectivity index (χ1n) is 11.7. The Balaban J connectivity index is 1.61. The Morgan fingerprint density at radius 1 is 0.706 bits per heavy atom. The lowest BCUT2D eigenvalue weighted by Gasteiger charge is -2.32. The van der Waals surface area contributed by atoms with Crippen molar-refractivity contribution in [1.82, 2.24) is 9.55 Å². The molecule has 0 aliphatic carbocycles. The van der Waals surface area contributed by atoms with Gasteiger partial charge in [0.05, 0.1) is 27.9 Å². The average Bonchev–Trinajstić information content (AvgIpc) is 3.29. The van der Waals surface area contributed by atoms with Crippen LogP contribution in [0.4, 0.5) is 0 Å². The van der Waals surface area contributed by atoms with E-state index in [1.54, 1.807) is 0 Å². The van der Waals surface area contributed by atoms with Gasteiger partial charge in [-0.2, -0.15) is 0 Å². The standard InChI is InChI=1S/C29H27BN2O2/c1-28(2)29(3,4)34-30(33-28)21-17-20(25-13-9-10-16-31-25)18-22(19-21)32-26-14-7-5-11-23(26)24-12-6-8-15-27(24)32/h5-19H,1-4H3. The van der Waals surface area contributed by atoms with E-state index in [0.717, 1.165) is 22.4 Å². The number of benzene rings is 3.